The SMILES string of the molecule is CC(C)CONC(=O)c1cc(Oc2ccc3c(c2)nc(Nc2ccc(SC(F)(F)F)cc2)n3C)ccn1. The number of ether oxygens (including phenoxy) is 1. The number of aryl methyl sites for hydroxylation is 1. The molecule has 0 fully saturated rings. The largest absolute Gasteiger partial charge is 0.457 e. The van der Waals surface area contributed by atoms with Crippen molar-refractivity contribution >= 4 is 40.3 Å². The lowest BCUT2D eigenvalue weighted by Gasteiger charge is -2.09. The quantitative estimate of drug-likeness (QED) is 0.190. The number of benzene rings is 2. The normalized spacial score (nSPS) is 11.6. The topological polar surface area (TPSA) is 90.3 Å². The summed E-state index contributed by atoms with van der Waals surface area (Å²) in [6.45, 7) is 4.31. The van der Waals surface area contributed by atoms with Crippen molar-refractivity contribution in [2.75, 3.05) is 11.9 Å². The Morgan fingerprint density at radius 3 is 2.51 bits per heavy atom. The second-order valence-corrected chi connectivity index (χ2v) is 9.60. The molecular weight excluding hydrogens is 507 g/mol. The van der Waals surface area contributed by atoms with Gasteiger partial charge in [0.05, 0.1) is 17.6 Å². The summed E-state index contributed by atoms with van der Waals surface area (Å²) < 4.78 is 45.4. The molecule has 0 bridgehead atoms. The van der Waals surface area contributed by atoms with Gasteiger partial charge in [0.1, 0.15) is 17.2 Å². The summed E-state index contributed by atoms with van der Waals surface area (Å²) in [5.74, 6) is 1.21. The maximum atomic E-state index is 12.6. The predicted octanol–water partition coefficient (Wildman–Crippen LogP) is 6.43. The molecule has 8 nitrogen and oxygen atoms in total. The lowest BCUT2D eigenvalue weighted by molar-refractivity contribution is -0.0328. The number of nitrogens with zero attached hydrogens (tertiary/aromatic N) is 3. The molecule has 2 N–H and O–H groups in total. The van der Waals surface area contributed by atoms with Crippen LogP contribution in [0.25, 0.3) is 11.0 Å². The predicted molar refractivity (Wildman–Crippen MR) is 135 cm³/mol. The fourth-order valence-corrected chi connectivity index (χ4v) is 3.82. The highest BCUT2D eigenvalue weighted by Crippen LogP contribution is 2.37. The highest BCUT2D eigenvalue weighted by atomic mass is 32.2. The Morgan fingerprint density at radius 1 is 1.08 bits per heavy atom. The number of hydrogen-bond donors (Lipinski definition) is 2. The molecule has 0 aliphatic carbocycles. The van der Waals surface area contributed by atoms with Gasteiger partial charge in [0.25, 0.3) is 5.91 Å². The first-order chi connectivity index (χ1) is 17.6. The third kappa shape index (κ3) is 7.14. The van der Waals surface area contributed by atoms with Crippen LogP contribution in [0.3, 0.4) is 0 Å². The number of aromatic nitrogens is 3. The number of alkyl halides is 3. The first-order valence-corrected chi connectivity index (χ1v) is 12.0. The Labute approximate surface area is 215 Å². The van der Waals surface area contributed by atoms with Crippen molar-refractivity contribution in [3.05, 3.63) is 66.5 Å². The van der Waals surface area contributed by atoms with E-state index in [1.54, 1.807) is 30.3 Å². The van der Waals surface area contributed by atoms with E-state index in [1.807, 2.05) is 31.5 Å². The number of rotatable bonds is 9. The molecule has 0 radical (unpaired) electrons. The number of hydrogen-bond acceptors (Lipinski definition) is 7. The van der Waals surface area contributed by atoms with Crippen LogP contribution in [-0.4, -0.2) is 32.6 Å². The van der Waals surface area contributed by atoms with E-state index < -0.39 is 11.4 Å². The van der Waals surface area contributed by atoms with E-state index in [0.717, 1.165) is 5.52 Å². The fourth-order valence-electron chi connectivity index (χ4n) is 3.29. The number of carbonyl (C=O) groups is 1. The van der Waals surface area contributed by atoms with Gasteiger partial charge >= 0.3 is 5.51 Å². The molecule has 194 valence electrons. The van der Waals surface area contributed by atoms with Gasteiger partial charge < -0.3 is 14.6 Å². The Balaban J connectivity index is 1.46. The lowest BCUT2D eigenvalue weighted by atomic mass is 10.2. The molecule has 12 heteroatoms. The zero-order chi connectivity index (χ0) is 26.6. The van der Waals surface area contributed by atoms with Gasteiger partial charge in [-0.25, -0.2) is 10.5 Å². The molecule has 0 aliphatic heterocycles. The first kappa shape index (κ1) is 26.3. The molecule has 2 heterocycles. The van der Waals surface area contributed by atoms with Crippen molar-refractivity contribution in [3.63, 3.8) is 0 Å². The average molecular weight is 532 g/mol. The first-order valence-electron chi connectivity index (χ1n) is 11.2. The van der Waals surface area contributed by atoms with Gasteiger partial charge in [-0.05, 0) is 60.1 Å². The van der Waals surface area contributed by atoms with Crippen LogP contribution in [0, 0.1) is 5.92 Å². The summed E-state index contributed by atoms with van der Waals surface area (Å²) >= 11 is -0.163. The van der Waals surface area contributed by atoms with Gasteiger partial charge in [-0.15, -0.1) is 0 Å². The third-order valence-electron chi connectivity index (χ3n) is 4.98. The minimum atomic E-state index is -4.34. The fraction of sp³-hybridized carbons (Fsp3) is 0.240. The molecule has 37 heavy (non-hydrogen) atoms. The van der Waals surface area contributed by atoms with Crippen LogP contribution in [-0.2, 0) is 11.9 Å². The summed E-state index contributed by atoms with van der Waals surface area (Å²) in [5.41, 5.74) is 0.223. The summed E-state index contributed by atoms with van der Waals surface area (Å²) in [5, 5.41) is 3.12. The third-order valence-corrected chi connectivity index (χ3v) is 5.72. The minimum Gasteiger partial charge on any atom is -0.457 e. The van der Waals surface area contributed by atoms with Gasteiger partial charge in [-0.3, -0.25) is 14.6 Å². The number of hydroxylamine groups is 1. The number of carbonyl (C=O) groups excluding carboxylic acids is 1. The Kier molecular flexibility index (Phi) is 7.89. The van der Waals surface area contributed by atoms with Gasteiger partial charge in [0, 0.05) is 36.0 Å². The number of thioether (sulfide) groups is 1. The van der Waals surface area contributed by atoms with Crippen molar-refractivity contribution in [1.29, 1.82) is 0 Å². The average Bonchev–Trinajstić information content (AvgIpc) is 3.13. The number of amides is 1. The monoisotopic (exact) mass is 531 g/mol. The molecule has 2 aromatic carbocycles. The van der Waals surface area contributed by atoms with Crippen LogP contribution in [0.2, 0.25) is 0 Å². The van der Waals surface area contributed by atoms with Crippen molar-refractivity contribution < 1.29 is 27.5 Å². The molecular formula is C25H24F3N5O3S. The molecule has 2 aromatic heterocycles. The van der Waals surface area contributed by atoms with E-state index in [-0.39, 0.29) is 28.3 Å². The Hall–Kier alpha value is -3.77. The molecule has 0 spiro atoms. The van der Waals surface area contributed by atoms with E-state index in [9.17, 15) is 18.0 Å². The number of halogens is 3. The highest BCUT2D eigenvalue weighted by Gasteiger charge is 2.29. The second kappa shape index (κ2) is 11.1. The summed E-state index contributed by atoms with van der Waals surface area (Å²) in [7, 11) is 1.82. The molecule has 1 amide bonds. The Bertz CT molecular complexity index is 1390. The Morgan fingerprint density at radius 2 is 1.81 bits per heavy atom. The lowest BCUT2D eigenvalue weighted by Crippen LogP contribution is -2.26. The molecule has 4 rings (SSSR count). The van der Waals surface area contributed by atoms with Crippen molar-refractivity contribution in [2.24, 2.45) is 13.0 Å². The van der Waals surface area contributed by atoms with Gasteiger partial charge in [-0.2, -0.15) is 13.2 Å². The van der Waals surface area contributed by atoms with Gasteiger partial charge in [0.15, 0.2) is 0 Å². The van der Waals surface area contributed by atoms with Crippen molar-refractivity contribution in [3.8, 4) is 11.5 Å². The van der Waals surface area contributed by atoms with E-state index in [4.69, 9.17) is 9.57 Å². The van der Waals surface area contributed by atoms with E-state index in [2.05, 4.69) is 20.8 Å². The summed E-state index contributed by atoms with van der Waals surface area (Å²) in [4.78, 5) is 26.1. The zero-order valence-corrected chi connectivity index (χ0v) is 21.0. The number of fused-ring (bicyclic) bond motifs is 1. The summed E-state index contributed by atoms with van der Waals surface area (Å²) in [6.07, 6.45) is 1.46. The molecule has 0 saturated carbocycles. The molecule has 0 atom stereocenters. The highest BCUT2D eigenvalue weighted by molar-refractivity contribution is 8.00. The zero-order valence-electron chi connectivity index (χ0n) is 20.2. The maximum Gasteiger partial charge on any atom is 0.446 e. The van der Waals surface area contributed by atoms with Crippen LogP contribution in [0.4, 0.5) is 24.8 Å². The smallest absolute Gasteiger partial charge is 0.446 e. The van der Waals surface area contributed by atoms with Crippen LogP contribution in [0.1, 0.15) is 24.3 Å². The number of pyridine rings is 1. The van der Waals surface area contributed by atoms with Gasteiger partial charge in [-0.1, -0.05) is 13.8 Å². The molecule has 0 saturated heterocycles. The number of imidazole rings is 1. The van der Waals surface area contributed by atoms with E-state index >= 15 is 0 Å². The van der Waals surface area contributed by atoms with E-state index in [0.29, 0.717) is 35.3 Å². The number of anilines is 2. The number of nitrogens with one attached hydrogen (secondary N) is 2. The summed E-state index contributed by atoms with van der Waals surface area (Å²) in [6, 6.07) is 14.4. The van der Waals surface area contributed by atoms with Crippen LogP contribution in [0.5, 0.6) is 11.5 Å². The minimum absolute atomic E-state index is 0.102. The van der Waals surface area contributed by atoms with Crippen LogP contribution in [0.15, 0.2) is 65.7 Å². The van der Waals surface area contributed by atoms with Crippen LogP contribution >= 0.6 is 11.8 Å². The maximum absolute atomic E-state index is 12.6. The second-order valence-electron chi connectivity index (χ2n) is 8.46. The molecule has 0 unspecified atom stereocenters. The van der Waals surface area contributed by atoms with Crippen molar-refractivity contribution in [1.82, 2.24) is 20.0 Å². The van der Waals surface area contributed by atoms with Crippen molar-refractivity contribution in [2.45, 2.75) is 24.3 Å². The van der Waals surface area contributed by atoms with Gasteiger partial charge in [0.2, 0.25) is 5.95 Å². The molecule has 0 aliphatic rings. The molecule has 4 aromatic rings. The standard InChI is InChI=1S/C25H24F3N5O3S/c1-15(2)14-35-32-23(34)21-13-18(10-11-29-21)36-17-6-9-22-20(12-17)31-24(33(22)3)30-16-4-7-19(8-5-16)37-25(26,27)28/h4-13,15H,14H2,1-3H3,(H,30,31)(H,32,34). The van der Waals surface area contributed by atoms with Crippen LogP contribution < -0.4 is 15.5 Å². The van der Waals surface area contributed by atoms with E-state index in [1.165, 1.54) is 24.4 Å².